The van der Waals surface area contributed by atoms with Crippen LogP contribution in [0.5, 0.6) is 0 Å². The molecule has 0 aliphatic carbocycles. The zero-order valence-corrected chi connectivity index (χ0v) is 15.4. The van der Waals surface area contributed by atoms with Gasteiger partial charge in [-0.2, -0.15) is 4.31 Å². The van der Waals surface area contributed by atoms with Crippen LogP contribution in [0.25, 0.3) is 0 Å². The normalized spacial score (nSPS) is 14.4. The molecule has 3 rings (SSSR count). The SMILES string of the molecule is O=C(O)CCC(=O)Nc1ccc(S(=O)(=O)N2CCc3ccccc3C2)cc1. The molecule has 2 N–H and O–H groups in total. The number of carboxylic acid groups (broad SMARTS) is 1. The van der Waals surface area contributed by atoms with Crippen molar-refractivity contribution in [3.05, 3.63) is 59.7 Å². The lowest BCUT2D eigenvalue weighted by atomic mass is 10.0. The molecule has 1 aliphatic rings. The van der Waals surface area contributed by atoms with Crippen LogP contribution in [0, 0.1) is 0 Å². The molecule has 0 unspecified atom stereocenters. The lowest BCUT2D eigenvalue weighted by molar-refractivity contribution is -0.138. The van der Waals surface area contributed by atoms with Crippen LogP contribution in [-0.2, 0) is 32.6 Å². The van der Waals surface area contributed by atoms with Crippen molar-refractivity contribution in [3.8, 4) is 0 Å². The van der Waals surface area contributed by atoms with E-state index < -0.39 is 21.9 Å². The Morgan fingerprint density at radius 3 is 2.33 bits per heavy atom. The van der Waals surface area contributed by atoms with Gasteiger partial charge in [-0.3, -0.25) is 9.59 Å². The standard InChI is InChI=1S/C19H20N2O5S/c22-18(9-10-19(23)24)20-16-5-7-17(8-6-16)27(25,26)21-12-11-14-3-1-2-4-15(14)13-21/h1-8H,9-13H2,(H,20,22)(H,23,24). The molecule has 1 aliphatic heterocycles. The summed E-state index contributed by atoms with van der Waals surface area (Å²) < 4.78 is 27.2. The maximum Gasteiger partial charge on any atom is 0.303 e. The topological polar surface area (TPSA) is 104 Å². The molecule has 0 saturated heterocycles. The molecule has 142 valence electrons. The van der Waals surface area contributed by atoms with Crippen LogP contribution in [-0.4, -0.2) is 36.3 Å². The number of rotatable bonds is 6. The Kier molecular flexibility index (Phi) is 5.57. The molecule has 0 bridgehead atoms. The van der Waals surface area contributed by atoms with E-state index in [9.17, 15) is 18.0 Å². The van der Waals surface area contributed by atoms with Crippen LogP contribution >= 0.6 is 0 Å². The zero-order chi connectivity index (χ0) is 19.4. The third-order valence-electron chi connectivity index (χ3n) is 4.44. The van der Waals surface area contributed by atoms with Crippen molar-refractivity contribution >= 4 is 27.6 Å². The maximum absolute atomic E-state index is 12.9. The molecule has 7 nitrogen and oxygen atoms in total. The van der Waals surface area contributed by atoms with E-state index in [1.807, 2.05) is 24.3 Å². The van der Waals surface area contributed by atoms with Crippen molar-refractivity contribution in [1.82, 2.24) is 4.31 Å². The highest BCUT2D eigenvalue weighted by Crippen LogP contribution is 2.25. The number of carbonyl (C=O) groups is 2. The van der Waals surface area contributed by atoms with Crippen LogP contribution in [0.2, 0.25) is 0 Å². The monoisotopic (exact) mass is 388 g/mol. The van der Waals surface area contributed by atoms with Gasteiger partial charge in [0.05, 0.1) is 11.3 Å². The first-order valence-corrected chi connectivity index (χ1v) is 9.99. The average Bonchev–Trinajstić information content (AvgIpc) is 2.66. The summed E-state index contributed by atoms with van der Waals surface area (Å²) in [5.41, 5.74) is 2.60. The summed E-state index contributed by atoms with van der Waals surface area (Å²) in [6.45, 7) is 0.763. The van der Waals surface area contributed by atoms with Crippen molar-refractivity contribution in [2.75, 3.05) is 11.9 Å². The first-order chi connectivity index (χ1) is 12.9. The lowest BCUT2D eigenvalue weighted by Gasteiger charge is -2.28. The molecule has 2 aromatic rings. The number of fused-ring (bicyclic) bond motifs is 1. The van der Waals surface area contributed by atoms with Gasteiger partial charge in [-0.25, -0.2) is 8.42 Å². The van der Waals surface area contributed by atoms with E-state index >= 15 is 0 Å². The van der Waals surface area contributed by atoms with Gasteiger partial charge in [-0.1, -0.05) is 24.3 Å². The summed E-state index contributed by atoms with van der Waals surface area (Å²) in [7, 11) is -3.63. The van der Waals surface area contributed by atoms with E-state index in [1.54, 1.807) is 0 Å². The van der Waals surface area contributed by atoms with E-state index in [0.29, 0.717) is 25.2 Å². The zero-order valence-electron chi connectivity index (χ0n) is 14.6. The number of carbonyl (C=O) groups excluding carboxylic acids is 1. The van der Waals surface area contributed by atoms with E-state index in [-0.39, 0.29) is 17.7 Å². The molecule has 0 fully saturated rings. The van der Waals surface area contributed by atoms with E-state index in [1.165, 1.54) is 34.1 Å². The van der Waals surface area contributed by atoms with Crippen LogP contribution in [0.4, 0.5) is 5.69 Å². The van der Waals surface area contributed by atoms with Crippen molar-refractivity contribution in [1.29, 1.82) is 0 Å². The first-order valence-electron chi connectivity index (χ1n) is 8.55. The minimum absolute atomic E-state index is 0.136. The summed E-state index contributed by atoms with van der Waals surface area (Å²) in [6, 6.07) is 13.7. The van der Waals surface area contributed by atoms with Gasteiger partial charge in [0.15, 0.2) is 0 Å². The Labute approximate surface area is 157 Å². The molecular formula is C19H20N2O5S. The highest BCUT2D eigenvalue weighted by molar-refractivity contribution is 7.89. The van der Waals surface area contributed by atoms with Gasteiger partial charge < -0.3 is 10.4 Å². The molecule has 2 aromatic carbocycles. The highest BCUT2D eigenvalue weighted by Gasteiger charge is 2.28. The van der Waals surface area contributed by atoms with Crippen molar-refractivity contribution in [3.63, 3.8) is 0 Å². The molecule has 0 saturated carbocycles. The predicted octanol–water partition coefficient (Wildman–Crippen LogP) is 2.24. The van der Waals surface area contributed by atoms with E-state index in [4.69, 9.17) is 5.11 Å². The van der Waals surface area contributed by atoms with Gasteiger partial charge in [0.25, 0.3) is 0 Å². The first kappa shape index (κ1) is 19.1. The second-order valence-electron chi connectivity index (χ2n) is 6.32. The largest absolute Gasteiger partial charge is 0.481 e. The van der Waals surface area contributed by atoms with Gasteiger partial charge in [0, 0.05) is 25.2 Å². The third-order valence-corrected chi connectivity index (χ3v) is 6.30. The Bertz CT molecular complexity index is 954. The molecule has 0 atom stereocenters. The molecule has 1 heterocycles. The van der Waals surface area contributed by atoms with Gasteiger partial charge in [0.1, 0.15) is 0 Å². The van der Waals surface area contributed by atoms with Crippen LogP contribution in [0.3, 0.4) is 0 Å². The number of hydrogen-bond donors (Lipinski definition) is 2. The molecule has 8 heteroatoms. The summed E-state index contributed by atoms with van der Waals surface area (Å²) in [5, 5.41) is 11.1. The fraction of sp³-hybridized carbons (Fsp3) is 0.263. The van der Waals surface area contributed by atoms with Crippen molar-refractivity contribution < 1.29 is 23.1 Å². The van der Waals surface area contributed by atoms with Crippen LogP contribution < -0.4 is 5.32 Å². The number of amides is 1. The Morgan fingerprint density at radius 2 is 1.67 bits per heavy atom. The number of nitrogens with zero attached hydrogens (tertiary/aromatic N) is 1. The van der Waals surface area contributed by atoms with Crippen molar-refractivity contribution in [2.24, 2.45) is 0 Å². The number of benzene rings is 2. The summed E-state index contributed by atoms with van der Waals surface area (Å²) in [4.78, 5) is 22.3. The second-order valence-corrected chi connectivity index (χ2v) is 8.26. The minimum Gasteiger partial charge on any atom is -0.481 e. The molecule has 0 aromatic heterocycles. The number of sulfonamides is 1. The minimum atomic E-state index is -3.63. The van der Waals surface area contributed by atoms with Gasteiger partial charge >= 0.3 is 5.97 Å². The Morgan fingerprint density at radius 1 is 1.00 bits per heavy atom. The number of anilines is 1. The molecule has 0 spiro atoms. The van der Waals surface area contributed by atoms with E-state index in [2.05, 4.69) is 5.32 Å². The highest BCUT2D eigenvalue weighted by atomic mass is 32.2. The molecular weight excluding hydrogens is 368 g/mol. The smallest absolute Gasteiger partial charge is 0.303 e. The Hall–Kier alpha value is -2.71. The second kappa shape index (κ2) is 7.89. The maximum atomic E-state index is 12.9. The van der Waals surface area contributed by atoms with Crippen LogP contribution in [0.1, 0.15) is 24.0 Å². The third kappa shape index (κ3) is 4.53. The fourth-order valence-corrected chi connectivity index (χ4v) is 4.40. The fourth-order valence-electron chi connectivity index (χ4n) is 2.98. The number of aliphatic carboxylic acids is 1. The number of carboxylic acids is 1. The molecule has 0 radical (unpaired) electrons. The number of nitrogens with one attached hydrogen (secondary N) is 1. The van der Waals surface area contributed by atoms with Crippen molar-refractivity contribution in [2.45, 2.75) is 30.7 Å². The summed E-state index contributed by atoms with van der Waals surface area (Å²) in [5.74, 6) is -1.48. The van der Waals surface area contributed by atoms with Gasteiger partial charge in [-0.15, -0.1) is 0 Å². The molecule has 1 amide bonds. The lowest BCUT2D eigenvalue weighted by Crippen LogP contribution is -2.35. The summed E-state index contributed by atoms with van der Waals surface area (Å²) in [6.07, 6.45) is 0.282. The van der Waals surface area contributed by atoms with E-state index in [0.717, 1.165) is 5.56 Å². The molecule has 27 heavy (non-hydrogen) atoms. The quantitative estimate of drug-likeness (QED) is 0.790. The average molecular weight is 388 g/mol. The summed E-state index contributed by atoms with van der Waals surface area (Å²) >= 11 is 0. The van der Waals surface area contributed by atoms with Gasteiger partial charge in [0.2, 0.25) is 15.9 Å². The predicted molar refractivity (Wildman–Crippen MR) is 99.7 cm³/mol. The Balaban J connectivity index is 1.69. The van der Waals surface area contributed by atoms with Gasteiger partial charge in [-0.05, 0) is 41.8 Å². The number of hydrogen-bond acceptors (Lipinski definition) is 4. The van der Waals surface area contributed by atoms with Crippen LogP contribution in [0.15, 0.2) is 53.4 Å².